The van der Waals surface area contributed by atoms with E-state index in [9.17, 15) is 9.59 Å². The van der Waals surface area contributed by atoms with Crippen LogP contribution >= 0.6 is 0 Å². The second-order valence-corrected chi connectivity index (χ2v) is 3.33. The normalized spacial score (nSPS) is 18.9. The quantitative estimate of drug-likeness (QED) is 0.690. The third-order valence-electron chi connectivity index (χ3n) is 2.38. The average molecular weight is 199 g/mol. The maximum absolute atomic E-state index is 10.9. The zero-order valence-corrected chi connectivity index (χ0v) is 8.28. The fraction of sp³-hybridized carbons (Fsp3) is 0.778. The predicted octanol–water partition coefficient (Wildman–Crippen LogP) is -0.0835. The number of nitrogens with one attached hydrogen (secondary N) is 1. The number of carbonyl (C=O) groups is 1. The van der Waals surface area contributed by atoms with E-state index in [1.54, 1.807) is 0 Å². The molecule has 0 aliphatic carbocycles. The van der Waals surface area contributed by atoms with Crippen molar-refractivity contribution in [2.24, 2.45) is 0 Å². The van der Waals surface area contributed by atoms with Gasteiger partial charge in [-0.15, -0.1) is 0 Å². The maximum atomic E-state index is 10.9. The van der Waals surface area contributed by atoms with Crippen molar-refractivity contribution in [2.75, 3.05) is 26.7 Å². The van der Waals surface area contributed by atoms with Crippen LogP contribution in [0.25, 0.3) is 0 Å². The molecule has 0 aromatic carbocycles. The lowest BCUT2D eigenvalue weighted by Gasteiger charge is -2.30. The van der Waals surface area contributed by atoms with Crippen LogP contribution in [-0.4, -0.2) is 50.1 Å². The Labute approximate surface area is 83.4 Å². The number of ether oxygens (including phenoxy) is 1. The van der Waals surface area contributed by atoms with E-state index in [0.717, 1.165) is 25.9 Å². The molecule has 1 saturated heterocycles. The van der Waals surface area contributed by atoms with Crippen LogP contribution in [0.4, 0.5) is 4.79 Å². The molecule has 5 nitrogen and oxygen atoms in total. The molecule has 14 heavy (non-hydrogen) atoms. The molecule has 0 aromatic heterocycles. The highest BCUT2D eigenvalue weighted by atomic mass is 16.5. The molecule has 0 spiro atoms. The Morgan fingerprint density at radius 2 is 2.21 bits per heavy atom. The van der Waals surface area contributed by atoms with Crippen LogP contribution in [0.3, 0.4) is 0 Å². The molecule has 0 bridgehead atoms. The van der Waals surface area contributed by atoms with Crippen molar-refractivity contribution in [3.63, 3.8) is 0 Å². The minimum Gasteiger partial charge on any atom is -0.453 e. The molecule has 79 valence electrons. The first-order valence-electron chi connectivity index (χ1n) is 4.68. The Morgan fingerprint density at radius 3 is 2.71 bits per heavy atom. The number of methoxy groups -OCH3 is 1. The number of alkyl carbamates (subject to hydrolysis) is 1. The summed E-state index contributed by atoms with van der Waals surface area (Å²) in [5, 5.41) is 2.74. The minimum absolute atomic E-state index is 0.172. The van der Waals surface area contributed by atoms with Gasteiger partial charge in [-0.25, -0.2) is 4.79 Å². The Kier molecular flexibility index (Phi) is 4.39. The van der Waals surface area contributed by atoms with Crippen molar-refractivity contribution in [3.8, 4) is 0 Å². The first-order valence-corrected chi connectivity index (χ1v) is 4.68. The first kappa shape index (κ1) is 11.0. The van der Waals surface area contributed by atoms with Gasteiger partial charge in [-0.1, -0.05) is 0 Å². The summed E-state index contributed by atoms with van der Waals surface area (Å²) in [6, 6.07) is 0.172. The monoisotopic (exact) mass is 199 g/mol. The van der Waals surface area contributed by atoms with Crippen LogP contribution in [0, 0.1) is 0 Å². The van der Waals surface area contributed by atoms with Gasteiger partial charge in [0.1, 0.15) is 0 Å². The Hall–Kier alpha value is -1.10. The summed E-state index contributed by atoms with van der Waals surface area (Å²) in [6.45, 7) is 2.01. The molecule has 1 rings (SSSR count). The van der Waals surface area contributed by atoms with Crippen LogP contribution in [0.2, 0.25) is 0 Å². The number of carbonyl (C=O) groups excluding carboxylic acids is 2. The molecule has 1 fully saturated rings. The van der Waals surface area contributed by atoms with Crippen LogP contribution < -0.4 is 5.32 Å². The van der Waals surface area contributed by atoms with Gasteiger partial charge in [0.05, 0.1) is 13.7 Å². The molecule has 0 atom stereocenters. The minimum atomic E-state index is -0.384. The van der Waals surface area contributed by atoms with Crippen molar-refractivity contribution in [2.45, 2.75) is 18.9 Å². The average Bonchev–Trinajstić information content (AvgIpc) is 2.21. The van der Waals surface area contributed by atoms with E-state index >= 15 is 0 Å². The van der Waals surface area contributed by atoms with Gasteiger partial charge in [-0.2, -0.15) is 0 Å². The number of hydrogen-bond donors (Lipinski definition) is 1. The highest BCUT2D eigenvalue weighted by molar-refractivity contribution is 5.67. The second kappa shape index (κ2) is 5.59. The molecule has 0 saturated carbocycles. The summed E-state index contributed by atoms with van der Waals surface area (Å²) < 4.78 is 4.50. The van der Waals surface area contributed by atoms with Crippen molar-refractivity contribution in [1.29, 1.82) is 0 Å². The van der Waals surface area contributed by atoms with Gasteiger partial charge in [-0.3, -0.25) is 9.69 Å². The zero-order chi connectivity index (χ0) is 10.4. The number of amides is 1. The highest BCUT2D eigenvalue weighted by Gasteiger charge is 2.20. The van der Waals surface area contributed by atoms with Crippen molar-refractivity contribution in [1.82, 2.24) is 10.2 Å². The van der Waals surface area contributed by atoms with Gasteiger partial charge in [0.2, 0.25) is 6.29 Å². The highest BCUT2D eigenvalue weighted by Crippen LogP contribution is 2.09. The predicted molar refractivity (Wildman–Crippen MR) is 50.7 cm³/mol. The lowest BCUT2D eigenvalue weighted by atomic mass is 10.1. The maximum Gasteiger partial charge on any atom is 0.407 e. The van der Waals surface area contributed by atoms with Gasteiger partial charge >= 0.3 is 6.09 Å². The lowest BCUT2D eigenvalue weighted by molar-refractivity contribution is 0.155. The van der Waals surface area contributed by atoms with Gasteiger partial charge in [-0.05, 0) is 12.8 Å². The summed E-state index contributed by atoms with van der Waals surface area (Å²) in [5.41, 5.74) is 0. The zero-order valence-electron chi connectivity index (χ0n) is 8.28. The smallest absolute Gasteiger partial charge is 0.407 e. The van der Waals surface area contributed by atoms with E-state index < -0.39 is 0 Å². The second-order valence-electron chi connectivity index (χ2n) is 3.33. The van der Waals surface area contributed by atoms with E-state index in [1.165, 1.54) is 7.11 Å². The number of nitrogens with zero attached hydrogens (tertiary/aromatic N) is 1. The van der Waals surface area contributed by atoms with Crippen molar-refractivity contribution in [3.05, 3.63) is 0 Å². The van der Waals surface area contributed by atoms with Gasteiger partial charge < -0.3 is 10.1 Å². The molecule has 0 aromatic rings. The summed E-state index contributed by atoms with van der Waals surface area (Å²) in [4.78, 5) is 23.0. The number of hydrogen-bond acceptors (Lipinski definition) is 4. The number of rotatable bonds is 3. The summed E-state index contributed by atoms with van der Waals surface area (Å²) >= 11 is 0. The molecular formula is C9H15N2O3. The number of piperidine rings is 1. The third kappa shape index (κ3) is 3.33. The van der Waals surface area contributed by atoms with Gasteiger partial charge in [0, 0.05) is 19.1 Å². The summed E-state index contributed by atoms with van der Waals surface area (Å²) in [6.07, 6.45) is 3.20. The molecular weight excluding hydrogens is 184 g/mol. The molecule has 0 unspecified atom stereocenters. The van der Waals surface area contributed by atoms with Crippen LogP contribution in [0.5, 0.6) is 0 Å². The molecule has 1 N–H and O–H groups in total. The third-order valence-corrected chi connectivity index (χ3v) is 2.38. The SMILES string of the molecule is COC(=O)NC1CCN(C[C]=O)CC1. The summed E-state index contributed by atoms with van der Waals surface area (Å²) in [7, 11) is 1.35. The van der Waals surface area contributed by atoms with E-state index in [2.05, 4.69) is 10.1 Å². The molecule has 1 amide bonds. The lowest BCUT2D eigenvalue weighted by Crippen LogP contribution is -2.45. The van der Waals surface area contributed by atoms with Crippen molar-refractivity contribution >= 4 is 12.4 Å². The van der Waals surface area contributed by atoms with Crippen molar-refractivity contribution < 1.29 is 14.3 Å². The van der Waals surface area contributed by atoms with E-state index in [-0.39, 0.29) is 12.1 Å². The summed E-state index contributed by atoms with van der Waals surface area (Å²) in [5.74, 6) is 0. The first-order chi connectivity index (χ1) is 6.76. The van der Waals surface area contributed by atoms with E-state index in [0.29, 0.717) is 6.54 Å². The molecule has 1 radical (unpaired) electrons. The van der Waals surface area contributed by atoms with Crippen LogP contribution in [-0.2, 0) is 9.53 Å². The molecule has 1 aliphatic rings. The Balaban J connectivity index is 2.21. The molecule has 1 heterocycles. The molecule has 5 heteroatoms. The topological polar surface area (TPSA) is 58.6 Å². The standard InChI is InChI=1S/C9H15N2O3/c1-14-9(13)10-8-2-4-11(5-3-8)6-7-12/h8H,2-6H2,1H3,(H,10,13). The fourth-order valence-corrected chi connectivity index (χ4v) is 1.55. The fourth-order valence-electron chi connectivity index (χ4n) is 1.55. The van der Waals surface area contributed by atoms with E-state index in [1.807, 2.05) is 11.2 Å². The largest absolute Gasteiger partial charge is 0.453 e. The number of likely N-dealkylation sites (tertiary alicyclic amines) is 1. The van der Waals surface area contributed by atoms with E-state index in [4.69, 9.17) is 0 Å². The van der Waals surface area contributed by atoms with Crippen LogP contribution in [0.1, 0.15) is 12.8 Å². The molecule has 1 aliphatic heterocycles. The van der Waals surface area contributed by atoms with Gasteiger partial charge in [0.25, 0.3) is 0 Å². The van der Waals surface area contributed by atoms with Crippen LogP contribution in [0.15, 0.2) is 0 Å². The Morgan fingerprint density at radius 1 is 1.57 bits per heavy atom. The van der Waals surface area contributed by atoms with Gasteiger partial charge in [0.15, 0.2) is 0 Å². The Bertz CT molecular complexity index is 200.